The maximum absolute atomic E-state index is 10.1. The van der Waals surface area contributed by atoms with Crippen LogP contribution in [0.2, 0.25) is 0 Å². The van der Waals surface area contributed by atoms with Gasteiger partial charge in [-0.2, -0.15) is 0 Å². The molecule has 12 aromatic rings. The van der Waals surface area contributed by atoms with E-state index in [1.165, 1.54) is 66.8 Å². The Balaban J connectivity index is 0.000000279. The predicted octanol–water partition coefficient (Wildman–Crippen LogP) is 25.2. The fourth-order valence-corrected chi connectivity index (χ4v) is 16.4. The van der Waals surface area contributed by atoms with Crippen molar-refractivity contribution in [1.29, 1.82) is 0 Å². The third-order valence-corrected chi connectivity index (χ3v) is 25.2. The van der Waals surface area contributed by atoms with E-state index in [0.717, 1.165) is 193 Å². The van der Waals surface area contributed by atoms with Gasteiger partial charge in [0, 0.05) is 124 Å². The number of aliphatic hydroxyl groups is 10. The molecule has 0 aliphatic heterocycles. The smallest absolute Gasteiger partial charge is 0.156 e. The zero-order valence-corrected chi connectivity index (χ0v) is 84.0. The third kappa shape index (κ3) is 33.2. The lowest BCUT2D eigenvalue weighted by molar-refractivity contribution is -0.126. The highest BCUT2D eigenvalue weighted by Crippen LogP contribution is 2.44. The van der Waals surface area contributed by atoms with Crippen molar-refractivity contribution in [3.05, 3.63) is 334 Å². The molecule has 18 nitrogen and oxygen atoms in total. The summed E-state index contributed by atoms with van der Waals surface area (Å²) >= 11 is 0. The van der Waals surface area contributed by atoms with Gasteiger partial charge in [0.05, 0.1) is 26.4 Å². The van der Waals surface area contributed by atoms with Crippen LogP contribution in [0.25, 0.3) is 22.3 Å². The minimum Gasteiger partial charge on any atom is -0.396 e. The SMILES string of the molecule is CC(C)C(O)O.Cc1cc(N(c2ccc(CCCO)cc2)c2ccc(-c3ccc(N(c4ccc(CCCO)cc4)c4ccc(CCCO)c(C)c4)cc3)cc2)ccc1CCCO.Cc1cc(N(c2ccc(CCCOC(O)C(C)C)cc2)c2ccc(-c3ccc(N(c4ccc(CCCOC(O)C(C)C)cc4)c4ccc(CCCOC(O)C(C)C)c(C)c4)cc3)cc2)ccc1CCCOC(O)C(C)C. The zero-order valence-electron chi connectivity index (χ0n) is 84.0. The Morgan fingerprint density at radius 2 is 0.362 bits per heavy atom. The maximum Gasteiger partial charge on any atom is 0.156 e. The first-order valence-corrected chi connectivity index (χ1v) is 49.9. The van der Waals surface area contributed by atoms with E-state index in [2.05, 4.69) is 314 Å². The second-order valence-electron chi connectivity index (χ2n) is 38.0. The quantitative estimate of drug-likeness (QED) is 0.0126. The Kier molecular flexibility index (Phi) is 44.8. The molecule has 0 heterocycles. The largest absolute Gasteiger partial charge is 0.396 e. The Bertz CT molecular complexity index is 5170. The number of ether oxygens (including phenoxy) is 4. The highest BCUT2D eigenvalue weighted by molar-refractivity contribution is 5.84. The number of nitrogens with zero attached hydrogens (tertiary/aromatic N) is 4. The van der Waals surface area contributed by atoms with Gasteiger partial charge < -0.3 is 89.6 Å². The molecule has 4 atom stereocenters. The van der Waals surface area contributed by atoms with E-state index in [0.29, 0.717) is 26.4 Å². The number of aliphatic hydroxyl groups excluding tert-OH is 9. The Labute approximate surface area is 822 Å². The summed E-state index contributed by atoms with van der Waals surface area (Å²) < 4.78 is 22.6. The van der Waals surface area contributed by atoms with Crippen molar-refractivity contribution >= 4 is 68.2 Å². The summed E-state index contributed by atoms with van der Waals surface area (Å²) in [4.78, 5) is 9.19. The van der Waals surface area contributed by atoms with Gasteiger partial charge in [0.15, 0.2) is 31.5 Å². The summed E-state index contributed by atoms with van der Waals surface area (Å²) in [6, 6.07) is 96.4. The average molecular weight is 1880 g/mol. The minimum absolute atomic E-state index is 0.0370. The van der Waals surface area contributed by atoms with E-state index in [4.69, 9.17) is 29.2 Å². The summed E-state index contributed by atoms with van der Waals surface area (Å²) in [7, 11) is 0. The van der Waals surface area contributed by atoms with Crippen LogP contribution in [0.1, 0.15) is 187 Å². The summed E-state index contributed by atoms with van der Waals surface area (Å²) in [5, 5.41) is 94.4. The van der Waals surface area contributed by atoms with Crippen LogP contribution in [0.5, 0.6) is 0 Å². The number of hydrogen-bond acceptors (Lipinski definition) is 18. The van der Waals surface area contributed by atoms with E-state index in [1.807, 2.05) is 55.4 Å². The molecule has 738 valence electrons. The fourth-order valence-electron chi connectivity index (χ4n) is 16.4. The van der Waals surface area contributed by atoms with Crippen LogP contribution in [0.3, 0.4) is 0 Å². The second-order valence-corrected chi connectivity index (χ2v) is 38.0. The van der Waals surface area contributed by atoms with E-state index in [9.17, 15) is 40.9 Å². The van der Waals surface area contributed by atoms with E-state index >= 15 is 0 Å². The highest BCUT2D eigenvalue weighted by atomic mass is 16.6. The monoisotopic (exact) mass is 1880 g/mol. The van der Waals surface area contributed by atoms with E-state index in [1.54, 1.807) is 13.8 Å². The van der Waals surface area contributed by atoms with Crippen molar-refractivity contribution in [3.8, 4) is 22.3 Å². The lowest BCUT2D eigenvalue weighted by atomic mass is 10.0. The van der Waals surface area contributed by atoms with Gasteiger partial charge >= 0.3 is 0 Å². The number of hydrogen-bond donors (Lipinski definition) is 10. The number of rotatable bonds is 51. The molecular formula is C120H154N4O14. The topological polar surface area (TPSA) is 252 Å². The van der Waals surface area contributed by atoms with Crippen LogP contribution in [-0.4, -0.2) is 135 Å². The van der Waals surface area contributed by atoms with Crippen LogP contribution in [0.4, 0.5) is 68.2 Å². The summed E-state index contributed by atoms with van der Waals surface area (Å²) in [6.45, 7) is 30.5. The zero-order chi connectivity index (χ0) is 99.2. The first-order chi connectivity index (χ1) is 66.5. The molecule has 0 aromatic heterocycles. The Hall–Kier alpha value is -10.7. The van der Waals surface area contributed by atoms with Crippen LogP contribution in [0.15, 0.2) is 267 Å². The molecule has 0 amide bonds. The number of benzene rings is 12. The van der Waals surface area contributed by atoms with E-state index in [-0.39, 0.29) is 56.0 Å². The van der Waals surface area contributed by atoms with Gasteiger partial charge in [0.1, 0.15) is 0 Å². The molecule has 0 radical (unpaired) electrons. The number of aryl methyl sites for hydroxylation is 12. The van der Waals surface area contributed by atoms with Crippen LogP contribution in [0, 0.1) is 57.3 Å². The van der Waals surface area contributed by atoms with Gasteiger partial charge in [-0.25, -0.2) is 0 Å². The van der Waals surface area contributed by atoms with Crippen LogP contribution in [-0.2, 0) is 70.3 Å². The van der Waals surface area contributed by atoms with Gasteiger partial charge in [-0.3, -0.25) is 0 Å². The molecule has 4 unspecified atom stereocenters. The van der Waals surface area contributed by atoms with Gasteiger partial charge in [-0.1, -0.05) is 191 Å². The molecule has 12 rings (SSSR count). The molecule has 12 aromatic carbocycles. The fraction of sp³-hybridized carbons (Fsp3) is 0.400. The molecule has 0 saturated heterocycles. The molecule has 0 bridgehead atoms. The second kappa shape index (κ2) is 56.5. The standard InChI is InChI=1S/C66H88N2O8.C50H56N2O4.C4H10O2/c1-45(2)63(69)73-39-11-15-51-19-29-57(30-20-51)67(61-37-23-53(49(9)43-61)17-13-41-75-65(71)47(5)6)59-33-25-55(26-34-59)56-27-35-60(36-28-56)68(58-31-21-52(22-32-58)16-12-40-74-64(70)46(3)4)62-38-24-54(50(10)44-62)18-14-42-76-66(72)48(7)8;1-37-35-49(29-15-41(37)9-5-33-55)51(45-21-11-39(12-22-45)7-3-31-53)47-25-17-43(18-26-47)44-19-27-48(28-20-44)52(46-23-13-40(14-24-46)8-4-32-54)50-30-16-42(10-6-34-56)38(2)36-50;1-3(2)4(5)6/h19-38,43-48,63-66,69-72H,11-18,39-42H2,1-10H3;11-30,35-36,53-56H,3-10,31-34H2,1-2H3;3-6H,1-2H3. The van der Waals surface area contributed by atoms with Crippen molar-refractivity contribution in [2.75, 3.05) is 72.5 Å². The number of anilines is 12. The minimum atomic E-state index is -1.15. The molecule has 138 heavy (non-hydrogen) atoms. The van der Waals surface area contributed by atoms with Gasteiger partial charge in [0.25, 0.3) is 0 Å². The van der Waals surface area contributed by atoms with E-state index < -0.39 is 31.5 Å². The molecule has 0 fully saturated rings. The van der Waals surface area contributed by atoms with Crippen molar-refractivity contribution in [3.63, 3.8) is 0 Å². The lowest BCUT2D eigenvalue weighted by Crippen LogP contribution is -2.19. The summed E-state index contributed by atoms with van der Waals surface area (Å²) in [5.41, 5.74) is 31.9. The van der Waals surface area contributed by atoms with Crippen LogP contribution >= 0.6 is 0 Å². The molecule has 10 N–H and O–H groups in total. The molecule has 0 aliphatic rings. The van der Waals surface area contributed by atoms with Crippen LogP contribution < -0.4 is 19.6 Å². The van der Waals surface area contributed by atoms with Gasteiger partial charge in [-0.05, 0) is 365 Å². The normalized spacial score (nSPS) is 12.4. The Morgan fingerprint density at radius 3 is 0.536 bits per heavy atom. The third-order valence-electron chi connectivity index (χ3n) is 25.2. The average Bonchev–Trinajstić information content (AvgIpc) is 0.818. The van der Waals surface area contributed by atoms with Crippen molar-refractivity contribution in [2.45, 2.75) is 231 Å². The molecule has 18 heteroatoms. The van der Waals surface area contributed by atoms with Gasteiger partial charge in [0.2, 0.25) is 0 Å². The first-order valence-electron chi connectivity index (χ1n) is 49.9. The van der Waals surface area contributed by atoms with Gasteiger partial charge in [-0.15, -0.1) is 0 Å². The summed E-state index contributed by atoms with van der Waals surface area (Å²) in [6.07, 6.45) is 8.94. The summed E-state index contributed by atoms with van der Waals surface area (Å²) in [5.74, 6) is 0.200. The molecule has 0 aliphatic carbocycles. The first kappa shape index (κ1) is 109. The molecule has 0 spiro atoms. The lowest BCUT2D eigenvalue weighted by Gasteiger charge is -2.27. The molecular weight excluding hydrogens is 1720 g/mol. The molecule has 0 saturated carbocycles. The highest BCUT2D eigenvalue weighted by Gasteiger charge is 2.23. The maximum atomic E-state index is 10.1. The Morgan fingerprint density at radius 1 is 0.203 bits per heavy atom. The predicted molar refractivity (Wildman–Crippen MR) is 567 cm³/mol. The van der Waals surface area contributed by atoms with Crippen molar-refractivity contribution in [1.82, 2.24) is 0 Å². The van der Waals surface area contributed by atoms with Crippen molar-refractivity contribution < 1.29 is 70.0 Å². The van der Waals surface area contributed by atoms with Crippen molar-refractivity contribution in [2.24, 2.45) is 29.6 Å².